The lowest BCUT2D eigenvalue weighted by Crippen LogP contribution is -2.63. The monoisotopic (exact) mass is 629 g/mol. The van der Waals surface area contributed by atoms with Crippen molar-refractivity contribution in [2.24, 2.45) is 0 Å². The van der Waals surface area contributed by atoms with Crippen molar-refractivity contribution in [1.29, 1.82) is 0 Å². The van der Waals surface area contributed by atoms with Crippen LogP contribution in [0.2, 0.25) is 5.02 Å². The van der Waals surface area contributed by atoms with Crippen molar-refractivity contribution >= 4 is 39.2 Å². The number of anilines is 1. The summed E-state index contributed by atoms with van der Waals surface area (Å²) in [7, 11) is 0. The van der Waals surface area contributed by atoms with Crippen LogP contribution in [0.3, 0.4) is 0 Å². The summed E-state index contributed by atoms with van der Waals surface area (Å²) in [6.07, 6.45) is 1.36. The molecule has 2 bridgehead atoms. The SMILES string of the molecule is Cc1c(F)cc2[nH]ncc2c1-c1cc2nc(OCC34CCCN3CC(F)C4)nc(N3CC4CCC(C(F)F)(C3)N4)c2cc1Cl. The van der Waals surface area contributed by atoms with Crippen molar-refractivity contribution in [3.63, 3.8) is 0 Å². The van der Waals surface area contributed by atoms with Crippen molar-refractivity contribution in [2.45, 2.75) is 68.7 Å². The molecule has 2 aromatic carbocycles. The van der Waals surface area contributed by atoms with Gasteiger partial charge in [0.05, 0.1) is 28.3 Å². The van der Waals surface area contributed by atoms with Gasteiger partial charge in [0.15, 0.2) is 0 Å². The second kappa shape index (κ2) is 10.1. The van der Waals surface area contributed by atoms with Gasteiger partial charge in [0.25, 0.3) is 6.43 Å². The number of aromatic nitrogens is 4. The Kier molecular flexibility index (Phi) is 6.52. The highest BCUT2D eigenvalue weighted by molar-refractivity contribution is 6.35. The largest absolute Gasteiger partial charge is 0.461 e. The number of alkyl halides is 3. The molecule has 8 rings (SSSR count). The van der Waals surface area contributed by atoms with Crippen molar-refractivity contribution in [2.75, 3.05) is 37.7 Å². The minimum absolute atomic E-state index is 0.0615. The van der Waals surface area contributed by atoms with E-state index in [1.807, 2.05) is 4.90 Å². The third-order valence-electron chi connectivity index (χ3n) is 10.2. The molecular weight excluding hydrogens is 598 g/mol. The maximum atomic E-state index is 15.0. The highest BCUT2D eigenvalue weighted by Crippen LogP contribution is 2.44. The van der Waals surface area contributed by atoms with Gasteiger partial charge in [-0.3, -0.25) is 10.00 Å². The van der Waals surface area contributed by atoms with Crippen molar-refractivity contribution in [3.8, 4) is 17.1 Å². The van der Waals surface area contributed by atoms with Gasteiger partial charge in [-0.2, -0.15) is 15.1 Å². The van der Waals surface area contributed by atoms with Crippen LogP contribution in [0.4, 0.5) is 23.4 Å². The van der Waals surface area contributed by atoms with Gasteiger partial charge in [0.1, 0.15) is 24.4 Å². The second-order valence-electron chi connectivity index (χ2n) is 12.9. The minimum Gasteiger partial charge on any atom is -0.461 e. The summed E-state index contributed by atoms with van der Waals surface area (Å²) in [4.78, 5) is 13.6. The number of H-pyrrole nitrogens is 1. The predicted octanol–water partition coefficient (Wildman–Crippen LogP) is 5.81. The molecule has 4 unspecified atom stereocenters. The fourth-order valence-corrected chi connectivity index (χ4v) is 8.34. The van der Waals surface area contributed by atoms with Crippen LogP contribution in [0.5, 0.6) is 6.01 Å². The summed E-state index contributed by atoms with van der Waals surface area (Å²) < 4.78 is 64.5. The molecule has 232 valence electrons. The number of piperazine rings is 1. The lowest BCUT2D eigenvalue weighted by atomic mass is 9.95. The smallest absolute Gasteiger partial charge is 0.319 e. The normalized spacial score (nSPS) is 28.6. The molecular formula is C31H32ClF4N7O. The molecule has 0 amide bonds. The standard InChI is InChI=1S/C31H32ClF4N7O/c1-16-23(34)9-25-21(11-37-41-25)26(16)19-8-24-20(7-22(19)32)27(42-13-18-3-5-31(14-42,40-18)28(35)36)39-29(38-24)44-15-30-4-2-6-43(30)12-17(33)10-30/h7-9,11,17-18,28,40H,2-6,10,12-15H2,1H3,(H,37,41). The lowest BCUT2D eigenvalue weighted by molar-refractivity contribution is 0.0367. The van der Waals surface area contributed by atoms with Crippen LogP contribution in [0.25, 0.3) is 32.9 Å². The van der Waals surface area contributed by atoms with Gasteiger partial charge < -0.3 is 15.0 Å². The average molecular weight is 630 g/mol. The second-order valence-corrected chi connectivity index (χ2v) is 13.4. The van der Waals surface area contributed by atoms with Gasteiger partial charge in [0, 0.05) is 59.0 Å². The van der Waals surface area contributed by atoms with Crippen LogP contribution in [0.1, 0.15) is 37.7 Å². The van der Waals surface area contributed by atoms with Crippen LogP contribution in [-0.2, 0) is 0 Å². The van der Waals surface area contributed by atoms with E-state index in [2.05, 4.69) is 20.4 Å². The number of nitrogens with one attached hydrogen (secondary N) is 2. The number of fused-ring (bicyclic) bond motifs is 5. The first-order valence-electron chi connectivity index (χ1n) is 15.1. The van der Waals surface area contributed by atoms with E-state index < -0.39 is 29.5 Å². The molecule has 0 spiro atoms. The summed E-state index contributed by atoms with van der Waals surface area (Å²) in [5.74, 6) is 0.0499. The molecule has 2 N–H and O–H groups in total. The van der Waals surface area contributed by atoms with E-state index in [4.69, 9.17) is 26.3 Å². The summed E-state index contributed by atoms with van der Waals surface area (Å²) in [5.41, 5.74) is 0.814. The molecule has 44 heavy (non-hydrogen) atoms. The Balaban J connectivity index is 1.26. The Labute approximate surface area is 256 Å². The molecule has 4 atom stereocenters. The predicted molar refractivity (Wildman–Crippen MR) is 160 cm³/mol. The van der Waals surface area contributed by atoms with E-state index in [0.29, 0.717) is 81.7 Å². The van der Waals surface area contributed by atoms with E-state index in [1.54, 1.807) is 25.3 Å². The van der Waals surface area contributed by atoms with Crippen LogP contribution in [-0.4, -0.2) is 87.6 Å². The van der Waals surface area contributed by atoms with Crippen LogP contribution in [0, 0.1) is 12.7 Å². The maximum Gasteiger partial charge on any atom is 0.319 e. The van der Waals surface area contributed by atoms with Crippen LogP contribution >= 0.6 is 11.6 Å². The van der Waals surface area contributed by atoms with Crippen molar-refractivity contribution in [1.82, 2.24) is 30.4 Å². The molecule has 4 saturated heterocycles. The van der Waals surface area contributed by atoms with Crippen molar-refractivity contribution < 1.29 is 22.3 Å². The number of nitrogens with zero attached hydrogens (tertiary/aromatic N) is 5. The first-order valence-corrected chi connectivity index (χ1v) is 15.5. The van der Waals surface area contributed by atoms with E-state index >= 15 is 4.39 Å². The average Bonchev–Trinajstić information content (AvgIpc) is 3.75. The Morgan fingerprint density at radius 1 is 1.16 bits per heavy atom. The molecule has 6 heterocycles. The Morgan fingerprint density at radius 2 is 2.02 bits per heavy atom. The number of halogens is 5. The molecule has 8 nitrogen and oxygen atoms in total. The highest BCUT2D eigenvalue weighted by atomic mass is 35.5. The highest BCUT2D eigenvalue weighted by Gasteiger charge is 2.52. The Morgan fingerprint density at radius 3 is 2.86 bits per heavy atom. The zero-order valence-electron chi connectivity index (χ0n) is 24.1. The van der Waals surface area contributed by atoms with E-state index in [9.17, 15) is 13.2 Å². The van der Waals surface area contributed by atoms with Gasteiger partial charge >= 0.3 is 6.01 Å². The molecule has 4 aromatic rings. The van der Waals surface area contributed by atoms with Crippen LogP contribution < -0.4 is 15.0 Å². The molecule has 13 heteroatoms. The Bertz CT molecular complexity index is 1790. The van der Waals surface area contributed by atoms with E-state index in [1.165, 1.54) is 6.07 Å². The van der Waals surface area contributed by atoms with Gasteiger partial charge in [-0.25, -0.2) is 17.6 Å². The third-order valence-corrected chi connectivity index (χ3v) is 10.6. The van der Waals surface area contributed by atoms with Gasteiger partial charge in [0.2, 0.25) is 0 Å². The number of aromatic amines is 1. The summed E-state index contributed by atoms with van der Waals surface area (Å²) in [6.45, 7) is 3.67. The molecule has 0 radical (unpaired) electrons. The lowest BCUT2D eigenvalue weighted by Gasteiger charge is -2.41. The summed E-state index contributed by atoms with van der Waals surface area (Å²) >= 11 is 6.92. The zero-order chi connectivity index (χ0) is 30.4. The number of hydrogen-bond donors (Lipinski definition) is 2. The summed E-state index contributed by atoms with van der Waals surface area (Å²) in [5, 5.41) is 11.7. The summed E-state index contributed by atoms with van der Waals surface area (Å²) in [6, 6.07) is 4.87. The topological polar surface area (TPSA) is 82.2 Å². The fraction of sp³-hybridized carbons (Fsp3) is 0.516. The number of benzene rings is 2. The first-order chi connectivity index (χ1) is 21.1. The molecule has 4 fully saturated rings. The zero-order valence-corrected chi connectivity index (χ0v) is 24.9. The number of rotatable bonds is 6. The van der Waals surface area contributed by atoms with Gasteiger partial charge in [-0.15, -0.1) is 0 Å². The van der Waals surface area contributed by atoms with Crippen LogP contribution in [0.15, 0.2) is 24.4 Å². The third kappa shape index (κ3) is 4.35. The molecule has 0 saturated carbocycles. The first kappa shape index (κ1) is 28.3. The van der Waals surface area contributed by atoms with Gasteiger partial charge in [-0.1, -0.05) is 11.6 Å². The minimum atomic E-state index is -2.55. The molecule has 2 aromatic heterocycles. The fourth-order valence-electron chi connectivity index (χ4n) is 8.08. The van der Waals surface area contributed by atoms with E-state index in [-0.39, 0.29) is 25.2 Å². The van der Waals surface area contributed by atoms with Gasteiger partial charge in [-0.05, 0) is 62.9 Å². The molecule has 0 aliphatic carbocycles. The quantitative estimate of drug-likeness (QED) is 0.261. The Hall–Kier alpha value is -3.22. The molecule has 4 aliphatic rings. The number of hydrogen-bond acceptors (Lipinski definition) is 7. The molecule has 4 aliphatic heterocycles. The van der Waals surface area contributed by atoms with Crippen molar-refractivity contribution in [3.05, 3.63) is 40.8 Å². The maximum absolute atomic E-state index is 15.0. The number of ether oxygens (including phenoxy) is 1. The van der Waals surface area contributed by atoms with E-state index in [0.717, 1.165) is 19.4 Å².